The summed E-state index contributed by atoms with van der Waals surface area (Å²) in [6, 6.07) is 2.40. The first-order chi connectivity index (χ1) is 7.89. The number of anilines is 1. The Morgan fingerprint density at radius 1 is 1.29 bits per heavy atom. The van der Waals surface area contributed by atoms with Crippen molar-refractivity contribution < 1.29 is 13.2 Å². The van der Waals surface area contributed by atoms with Crippen LogP contribution in [0.3, 0.4) is 0 Å². The van der Waals surface area contributed by atoms with Gasteiger partial charge in [0.15, 0.2) is 0 Å². The Labute approximate surface area is 99.3 Å². The summed E-state index contributed by atoms with van der Waals surface area (Å²) in [4.78, 5) is 3.73. The van der Waals surface area contributed by atoms with Crippen LogP contribution >= 0.6 is 0 Å². The third-order valence-corrected chi connectivity index (χ3v) is 2.36. The Balaban J connectivity index is 2.41. The van der Waals surface area contributed by atoms with Gasteiger partial charge in [0, 0.05) is 12.7 Å². The van der Waals surface area contributed by atoms with Crippen LogP contribution < -0.4 is 5.32 Å². The van der Waals surface area contributed by atoms with Crippen molar-refractivity contribution in [2.75, 3.05) is 11.9 Å². The second-order valence-electron chi connectivity index (χ2n) is 4.39. The van der Waals surface area contributed by atoms with Crippen molar-refractivity contribution in [3.05, 3.63) is 23.9 Å². The van der Waals surface area contributed by atoms with Gasteiger partial charge in [-0.1, -0.05) is 13.8 Å². The van der Waals surface area contributed by atoms with Gasteiger partial charge < -0.3 is 5.32 Å². The monoisotopic (exact) mass is 246 g/mol. The molecule has 0 aliphatic rings. The summed E-state index contributed by atoms with van der Waals surface area (Å²) in [5.41, 5.74) is -0.717. The number of nitrogens with zero attached hydrogens (tertiary/aromatic N) is 1. The maximum Gasteiger partial charge on any atom is 0.417 e. The van der Waals surface area contributed by atoms with Gasteiger partial charge in [-0.15, -0.1) is 0 Å². The van der Waals surface area contributed by atoms with Crippen LogP contribution in [0, 0.1) is 5.92 Å². The molecule has 96 valence electrons. The summed E-state index contributed by atoms with van der Waals surface area (Å²) in [6.45, 7) is 5.00. The zero-order chi connectivity index (χ0) is 12.9. The molecule has 1 N–H and O–H groups in total. The van der Waals surface area contributed by atoms with E-state index in [9.17, 15) is 13.2 Å². The SMILES string of the molecule is CC(C)CCCNc1ccc(C(F)(F)F)cn1. The molecule has 0 aliphatic heterocycles. The second-order valence-corrected chi connectivity index (χ2v) is 4.39. The molecule has 5 heteroatoms. The van der Waals surface area contributed by atoms with Gasteiger partial charge in [0.25, 0.3) is 0 Å². The normalized spacial score (nSPS) is 11.9. The molecule has 0 amide bonds. The van der Waals surface area contributed by atoms with Gasteiger partial charge in [-0.05, 0) is 30.9 Å². The van der Waals surface area contributed by atoms with Crippen LogP contribution in [0.15, 0.2) is 18.3 Å². The van der Waals surface area contributed by atoms with Crippen molar-refractivity contribution in [1.82, 2.24) is 4.98 Å². The molecule has 0 saturated carbocycles. The maximum atomic E-state index is 12.3. The average Bonchev–Trinajstić information content (AvgIpc) is 2.23. The van der Waals surface area contributed by atoms with Gasteiger partial charge in [-0.3, -0.25) is 0 Å². The highest BCUT2D eigenvalue weighted by Crippen LogP contribution is 2.28. The molecule has 2 nitrogen and oxygen atoms in total. The summed E-state index contributed by atoms with van der Waals surface area (Å²) in [5, 5.41) is 3.00. The summed E-state index contributed by atoms with van der Waals surface area (Å²) < 4.78 is 36.8. The van der Waals surface area contributed by atoms with E-state index >= 15 is 0 Å². The molecular formula is C12H17F3N2. The number of nitrogens with one attached hydrogen (secondary N) is 1. The predicted octanol–water partition coefficient (Wildman–Crippen LogP) is 3.95. The van der Waals surface area contributed by atoms with E-state index in [1.807, 2.05) is 0 Å². The van der Waals surface area contributed by atoms with Crippen molar-refractivity contribution in [2.24, 2.45) is 5.92 Å². The molecule has 0 saturated heterocycles. The second kappa shape index (κ2) is 5.89. The molecule has 1 aromatic heterocycles. The van der Waals surface area contributed by atoms with Gasteiger partial charge in [0.1, 0.15) is 5.82 Å². The lowest BCUT2D eigenvalue weighted by Crippen LogP contribution is -2.08. The molecule has 0 aliphatic carbocycles. The third-order valence-electron chi connectivity index (χ3n) is 2.36. The van der Waals surface area contributed by atoms with Crippen molar-refractivity contribution in [1.29, 1.82) is 0 Å². The number of aromatic nitrogens is 1. The Morgan fingerprint density at radius 3 is 2.47 bits per heavy atom. The number of rotatable bonds is 5. The number of halogens is 3. The molecule has 0 unspecified atom stereocenters. The molecule has 1 rings (SSSR count). The minimum absolute atomic E-state index is 0.488. The smallest absolute Gasteiger partial charge is 0.370 e. The van der Waals surface area contributed by atoms with Crippen LogP contribution in [-0.2, 0) is 6.18 Å². The Morgan fingerprint density at radius 2 is 2.00 bits per heavy atom. The summed E-state index contributed by atoms with van der Waals surface area (Å²) in [5.74, 6) is 1.12. The van der Waals surface area contributed by atoms with Gasteiger partial charge in [0.05, 0.1) is 5.56 Å². The lowest BCUT2D eigenvalue weighted by atomic mass is 10.1. The van der Waals surface area contributed by atoms with E-state index in [0.717, 1.165) is 31.6 Å². The molecule has 0 radical (unpaired) electrons. The topological polar surface area (TPSA) is 24.9 Å². The van der Waals surface area contributed by atoms with E-state index in [4.69, 9.17) is 0 Å². The van der Waals surface area contributed by atoms with E-state index in [2.05, 4.69) is 24.1 Å². The molecule has 17 heavy (non-hydrogen) atoms. The zero-order valence-corrected chi connectivity index (χ0v) is 10.0. The van der Waals surface area contributed by atoms with Crippen LogP contribution in [0.2, 0.25) is 0 Å². The summed E-state index contributed by atoms with van der Waals surface area (Å²) in [6.07, 6.45) is -1.39. The molecular weight excluding hydrogens is 229 g/mol. The number of alkyl halides is 3. The van der Waals surface area contributed by atoms with Crippen molar-refractivity contribution in [2.45, 2.75) is 32.9 Å². The predicted molar refractivity (Wildman–Crippen MR) is 61.8 cm³/mol. The lowest BCUT2D eigenvalue weighted by Gasteiger charge is -2.09. The van der Waals surface area contributed by atoms with E-state index in [-0.39, 0.29) is 0 Å². The van der Waals surface area contributed by atoms with Gasteiger partial charge >= 0.3 is 6.18 Å². The Hall–Kier alpha value is -1.26. The highest BCUT2D eigenvalue weighted by molar-refractivity contribution is 5.35. The summed E-state index contributed by atoms with van der Waals surface area (Å²) >= 11 is 0. The maximum absolute atomic E-state index is 12.3. The van der Waals surface area contributed by atoms with Crippen LogP contribution in [0.25, 0.3) is 0 Å². The number of pyridine rings is 1. The number of hydrogen-bond donors (Lipinski definition) is 1. The van der Waals surface area contributed by atoms with Gasteiger partial charge in [-0.2, -0.15) is 13.2 Å². The van der Waals surface area contributed by atoms with Crippen molar-refractivity contribution in [3.63, 3.8) is 0 Å². The molecule has 0 bridgehead atoms. The van der Waals surface area contributed by atoms with Crippen LogP contribution in [-0.4, -0.2) is 11.5 Å². The van der Waals surface area contributed by atoms with E-state index in [0.29, 0.717) is 11.7 Å². The van der Waals surface area contributed by atoms with Gasteiger partial charge in [0.2, 0.25) is 0 Å². The average molecular weight is 246 g/mol. The minimum Gasteiger partial charge on any atom is -0.370 e. The first-order valence-electron chi connectivity index (χ1n) is 5.66. The summed E-state index contributed by atoms with van der Waals surface area (Å²) in [7, 11) is 0. The highest BCUT2D eigenvalue weighted by atomic mass is 19.4. The first kappa shape index (κ1) is 13.8. The quantitative estimate of drug-likeness (QED) is 0.796. The molecule has 1 aromatic rings. The van der Waals surface area contributed by atoms with Crippen molar-refractivity contribution in [3.8, 4) is 0 Å². The largest absolute Gasteiger partial charge is 0.417 e. The molecule has 1 heterocycles. The van der Waals surface area contributed by atoms with Gasteiger partial charge in [-0.25, -0.2) is 4.98 Å². The molecule has 0 fully saturated rings. The van der Waals surface area contributed by atoms with E-state index in [1.165, 1.54) is 6.07 Å². The van der Waals surface area contributed by atoms with Crippen molar-refractivity contribution >= 4 is 5.82 Å². The molecule has 0 aromatic carbocycles. The fraction of sp³-hybridized carbons (Fsp3) is 0.583. The highest BCUT2D eigenvalue weighted by Gasteiger charge is 2.30. The molecule has 0 atom stereocenters. The zero-order valence-electron chi connectivity index (χ0n) is 10.0. The number of hydrogen-bond acceptors (Lipinski definition) is 2. The van der Waals surface area contributed by atoms with E-state index < -0.39 is 11.7 Å². The standard InChI is InChI=1S/C12H17F3N2/c1-9(2)4-3-7-16-11-6-5-10(8-17-11)12(13,14)15/h5-6,8-9H,3-4,7H2,1-2H3,(H,16,17). The Kier molecular flexibility index (Phi) is 4.78. The third kappa shape index (κ3) is 5.06. The fourth-order valence-corrected chi connectivity index (χ4v) is 1.39. The van der Waals surface area contributed by atoms with Crippen LogP contribution in [0.4, 0.5) is 19.0 Å². The Bertz CT molecular complexity index is 331. The molecule has 0 spiro atoms. The van der Waals surface area contributed by atoms with E-state index in [1.54, 1.807) is 0 Å². The van der Waals surface area contributed by atoms with Crippen LogP contribution in [0.1, 0.15) is 32.3 Å². The first-order valence-corrected chi connectivity index (χ1v) is 5.66. The fourth-order valence-electron chi connectivity index (χ4n) is 1.39. The van der Waals surface area contributed by atoms with Crippen LogP contribution in [0.5, 0.6) is 0 Å². The minimum atomic E-state index is -4.32. The lowest BCUT2D eigenvalue weighted by molar-refractivity contribution is -0.137.